The third-order valence-electron chi connectivity index (χ3n) is 1.46. The second-order valence-corrected chi connectivity index (χ2v) is 3.50. The molecule has 1 heterocycles. The summed E-state index contributed by atoms with van der Waals surface area (Å²) < 4.78 is 0.630. The van der Waals surface area contributed by atoms with E-state index >= 15 is 0 Å². The van der Waals surface area contributed by atoms with Crippen LogP contribution in [0.3, 0.4) is 0 Å². The van der Waals surface area contributed by atoms with E-state index in [1.165, 1.54) is 12.4 Å². The van der Waals surface area contributed by atoms with Gasteiger partial charge in [0.15, 0.2) is 5.82 Å². The van der Waals surface area contributed by atoms with Gasteiger partial charge in [-0.1, -0.05) is 6.08 Å². The van der Waals surface area contributed by atoms with Gasteiger partial charge < -0.3 is 10.6 Å². The van der Waals surface area contributed by atoms with Crippen molar-refractivity contribution < 1.29 is 4.79 Å². The van der Waals surface area contributed by atoms with Gasteiger partial charge in [-0.15, -0.1) is 6.58 Å². The Balaban J connectivity index is 2.37. The van der Waals surface area contributed by atoms with E-state index in [0.717, 1.165) is 0 Å². The zero-order valence-corrected chi connectivity index (χ0v) is 9.62. The first kappa shape index (κ1) is 11.8. The van der Waals surface area contributed by atoms with Crippen molar-refractivity contribution >= 4 is 27.7 Å². The Labute approximate surface area is 96.1 Å². The van der Waals surface area contributed by atoms with Crippen molar-refractivity contribution in [3.8, 4) is 0 Å². The average Bonchev–Trinajstić information content (AvgIpc) is 2.22. The zero-order chi connectivity index (χ0) is 11.1. The molecule has 0 spiro atoms. The Morgan fingerprint density at radius 1 is 1.53 bits per heavy atom. The number of hydrogen-bond donors (Lipinski definition) is 2. The van der Waals surface area contributed by atoms with Crippen molar-refractivity contribution in [1.82, 2.24) is 15.3 Å². The molecule has 1 rings (SSSR count). The molecule has 0 saturated carbocycles. The minimum absolute atomic E-state index is 0.159. The topological polar surface area (TPSA) is 66.9 Å². The summed E-state index contributed by atoms with van der Waals surface area (Å²) in [7, 11) is 0. The fraction of sp³-hybridized carbons (Fsp3) is 0.222. The highest BCUT2D eigenvalue weighted by Gasteiger charge is 2.01. The fourth-order valence-corrected chi connectivity index (χ4v) is 1.06. The maximum atomic E-state index is 11.3. The highest BCUT2D eigenvalue weighted by molar-refractivity contribution is 9.10. The Bertz CT molecular complexity index is 338. The predicted molar refractivity (Wildman–Crippen MR) is 61.4 cm³/mol. The van der Waals surface area contributed by atoms with E-state index in [4.69, 9.17) is 0 Å². The van der Waals surface area contributed by atoms with Crippen molar-refractivity contribution in [2.75, 3.05) is 18.4 Å². The van der Waals surface area contributed by atoms with Crippen LogP contribution in [0.25, 0.3) is 0 Å². The lowest BCUT2D eigenvalue weighted by atomic mass is 10.5. The number of aromatic nitrogens is 2. The monoisotopic (exact) mass is 270 g/mol. The molecule has 0 aromatic carbocycles. The normalized spacial score (nSPS) is 9.67. The number of amides is 1. The van der Waals surface area contributed by atoms with Gasteiger partial charge in [-0.2, -0.15) is 0 Å². The van der Waals surface area contributed by atoms with Crippen molar-refractivity contribution in [2.45, 2.75) is 0 Å². The molecule has 0 aliphatic rings. The molecule has 2 N–H and O–H groups in total. The largest absolute Gasteiger partial charge is 0.308 e. The average molecular weight is 271 g/mol. The summed E-state index contributed by atoms with van der Waals surface area (Å²) in [5, 5.41) is 5.48. The number of hydrogen-bond acceptors (Lipinski definition) is 4. The lowest BCUT2D eigenvalue weighted by molar-refractivity contribution is -0.115. The Kier molecular flexibility index (Phi) is 4.92. The molecule has 0 fully saturated rings. The maximum Gasteiger partial charge on any atom is 0.239 e. The molecule has 1 aromatic rings. The highest BCUT2D eigenvalue weighted by Crippen LogP contribution is 2.05. The van der Waals surface area contributed by atoms with Crippen LogP contribution >= 0.6 is 15.9 Å². The van der Waals surface area contributed by atoms with Gasteiger partial charge in [0.25, 0.3) is 0 Å². The number of carbonyl (C=O) groups excluding carboxylic acids is 1. The number of halogens is 1. The number of nitrogens with one attached hydrogen (secondary N) is 2. The van der Waals surface area contributed by atoms with Crippen LogP contribution in [0.15, 0.2) is 29.7 Å². The smallest absolute Gasteiger partial charge is 0.239 e. The third kappa shape index (κ3) is 4.66. The number of carbonyl (C=O) groups is 1. The summed E-state index contributed by atoms with van der Waals surface area (Å²) in [5.74, 6) is 0.275. The van der Waals surface area contributed by atoms with E-state index in [2.05, 4.69) is 43.1 Å². The van der Waals surface area contributed by atoms with Crippen LogP contribution in [0.2, 0.25) is 0 Å². The summed E-state index contributed by atoms with van der Waals surface area (Å²) in [6, 6.07) is 0. The Hall–Kier alpha value is -1.27. The molecule has 0 aliphatic carbocycles. The van der Waals surface area contributed by atoms with Crippen LogP contribution in [0.4, 0.5) is 5.82 Å². The molecule has 1 aromatic heterocycles. The first-order valence-corrected chi connectivity index (χ1v) is 5.10. The summed E-state index contributed by atoms with van der Waals surface area (Å²) in [6.07, 6.45) is 4.69. The minimum Gasteiger partial charge on any atom is -0.308 e. The lowest BCUT2D eigenvalue weighted by Crippen LogP contribution is -2.28. The molecule has 15 heavy (non-hydrogen) atoms. The fourth-order valence-electron chi connectivity index (χ4n) is 0.852. The first-order valence-electron chi connectivity index (χ1n) is 4.31. The van der Waals surface area contributed by atoms with Gasteiger partial charge in [-0.05, 0) is 15.9 Å². The summed E-state index contributed by atoms with van der Waals surface area (Å²) in [5.41, 5.74) is 0. The molecule has 0 radical (unpaired) electrons. The van der Waals surface area contributed by atoms with E-state index in [1.807, 2.05) is 0 Å². The summed E-state index contributed by atoms with van der Waals surface area (Å²) in [6.45, 7) is 4.35. The van der Waals surface area contributed by atoms with Gasteiger partial charge in [0.05, 0.1) is 18.9 Å². The number of anilines is 1. The van der Waals surface area contributed by atoms with E-state index in [-0.39, 0.29) is 12.5 Å². The molecule has 80 valence electrons. The molecule has 1 amide bonds. The molecule has 0 bridgehead atoms. The van der Waals surface area contributed by atoms with Crippen molar-refractivity contribution in [2.24, 2.45) is 0 Å². The SMILES string of the molecule is C=CCNCC(=O)Nc1cnc(Br)cn1. The molecule has 5 nitrogen and oxygen atoms in total. The molecule has 6 heteroatoms. The van der Waals surface area contributed by atoms with Gasteiger partial charge in [0.1, 0.15) is 4.60 Å². The zero-order valence-electron chi connectivity index (χ0n) is 8.03. The summed E-state index contributed by atoms with van der Waals surface area (Å²) >= 11 is 3.15. The molecule has 0 aliphatic heterocycles. The lowest BCUT2D eigenvalue weighted by Gasteiger charge is -2.03. The van der Waals surface area contributed by atoms with Crippen LogP contribution in [-0.2, 0) is 4.79 Å². The van der Waals surface area contributed by atoms with E-state index in [0.29, 0.717) is 17.0 Å². The molecular formula is C9H11BrN4O. The van der Waals surface area contributed by atoms with Gasteiger partial charge in [-0.25, -0.2) is 9.97 Å². The van der Waals surface area contributed by atoms with E-state index in [9.17, 15) is 4.79 Å². The van der Waals surface area contributed by atoms with Crippen molar-refractivity contribution in [3.05, 3.63) is 29.7 Å². The van der Waals surface area contributed by atoms with Gasteiger partial charge >= 0.3 is 0 Å². The second-order valence-electron chi connectivity index (χ2n) is 2.69. The van der Waals surface area contributed by atoms with Gasteiger partial charge in [0.2, 0.25) is 5.91 Å². The van der Waals surface area contributed by atoms with E-state index in [1.54, 1.807) is 6.08 Å². The standard InChI is InChI=1S/C9H11BrN4O/c1-2-3-11-6-9(15)14-8-5-12-7(10)4-13-8/h2,4-5,11H,1,3,6H2,(H,13,14,15). The number of nitrogens with zero attached hydrogens (tertiary/aromatic N) is 2. The van der Waals surface area contributed by atoms with E-state index < -0.39 is 0 Å². The molecular weight excluding hydrogens is 260 g/mol. The molecule has 0 atom stereocenters. The number of rotatable bonds is 5. The first-order chi connectivity index (χ1) is 7.22. The maximum absolute atomic E-state index is 11.3. The Morgan fingerprint density at radius 2 is 2.33 bits per heavy atom. The van der Waals surface area contributed by atoms with Crippen LogP contribution in [0, 0.1) is 0 Å². The quantitative estimate of drug-likeness (QED) is 0.618. The van der Waals surface area contributed by atoms with Crippen LogP contribution in [-0.4, -0.2) is 29.0 Å². The summed E-state index contributed by atoms with van der Waals surface area (Å²) in [4.78, 5) is 19.2. The second kappa shape index (κ2) is 6.26. The highest BCUT2D eigenvalue weighted by atomic mass is 79.9. The molecule has 0 unspecified atom stereocenters. The third-order valence-corrected chi connectivity index (χ3v) is 1.87. The Morgan fingerprint density at radius 3 is 2.93 bits per heavy atom. The van der Waals surface area contributed by atoms with Gasteiger partial charge in [0, 0.05) is 6.54 Å². The predicted octanol–water partition coefficient (Wildman–Crippen LogP) is 0.953. The van der Waals surface area contributed by atoms with Gasteiger partial charge in [-0.3, -0.25) is 4.79 Å². The van der Waals surface area contributed by atoms with Crippen molar-refractivity contribution in [1.29, 1.82) is 0 Å². The van der Waals surface area contributed by atoms with Crippen molar-refractivity contribution in [3.63, 3.8) is 0 Å². The molecule has 0 saturated heterocycles. The van der Waals surface area contributed by atoms with Crippen LogP contribution < -0.4 is 10.6 Å². The van der Waals surface area contributed by atoms with Crippen LogP contribution in [0.5, 0.6) is 0 Å². The minimum atomic E-state index is -0.159. The van der Waals surface area contributed by atoms with Crippen LogP contribution in [0.1, 0.15) is 0 Å².